The smallest absolute Gasteiger partial charge is 0.234 e. The predicted octanol–water partition coefficient (Wildman–Crippen LogP) is 0.439. The standard InChI is InChI=1S/C27H29N2O2.BrH/c1-4-18-29(2,3)19-17-28-26(30)24-22(20-11-7-5-8-12-20)15-16-23(25(24)27(28)31)21-13-9-6-10-14-21;/h1,5-16,22-25H,17-19H2,2-3H3;1H/q+1;/p-1. The Morgan fingerprint density at radius 3 is 1.69 bits per heavy atom. The highest BCUT2D eigenvalue weighted by Gasteiger charge is 2.55. The monoisotopic (exact) mass is 492 g/mol. The number of hydrogen-bond donors (Lipinski definition) is 0. The van der Waals surface area contributed by atoms with Crippen molar-refractivity contribution in [1.29, 1.82) is 0 Å². The summed E-state index contributed by atoms with van der Waals surface area (Å²) in [5.41, 5.74) is 2.15. The van der Waals surface area contributed by atoms with Gasteiger partial charge in [0.25, 0.3) is 0 Å². The van der Waals surface area contributed by atoms with E-state index in [0.717, 1.165) is 11.1 Å². The van der Waals surface area contributed by atoms with Gasteiger partial charge in [0.2, 0.25) is 11.8 Å². The fourth-order valence-corrected chi connectivity index (χ4v) is 4.91. The Hall–Kier alpha value is -2.68. The normalized spacial score (nSPS) is 24.6. The summed E-state index contributed by atoms with van der Waals surface area (Å²) in [6.07, 6.45) is 9.74. The van der Waals surface area contributed by atoms with Crippen LogP contribution in [-0.2, 0) is 9.59 Å². The Kier molecular flexibility index (Phi) is 7.38. The molecule has 0 N–H and O–H groups in total. The summed E-state index contributed by atoms with van der Waals surface area (Å²) < 4.78 is 0.575. The molecule has 0 spiro atoms. The van der Waals surface area contributed by atoms with Gasteiger partial charge in [-0.3, -0.25) is 14.5 Å². The highest BCUT2D eigenvalue weighted by atomic mass is 79.9. The Morgan fingerprint density at radius 1 is 0.844 bits per heavy atom. The molecule has 0 saturated carbocycles. The van der Waals surface area contributed by atoms with Crippen LogP contribution in [0.5, 0.6) is 0 Å². The molecule has 1 fully saturated rings. The van der Waals surface area contributed by atoms with Crippen molar-refractivity contribution in [3.05, 3.63) is 83.9 Å². The van der Waals surface area contributed by atoms with Gasteiger partial charge in [-0.15, -0.1) is 6.42 Å². The van der Waals surface area contributed by atoms with Crippen molar-refractivity contribution in [2.45, 2.75) is 11.8 Å². The van der Waals surface area contributed by atoms with Gasteiger partial charge in [-0.05, 0) is 17.0 Å². The fourth-order valence-electron chi connectivity index (χ4n) is 4.91. The number of likely N-dealkylation sites (tertiary alicyclic amines) is 1. The third kappa shape index (κ3) is 4.57. The Bertz CT molecular complexity index is 959. The summed E-state index contributed by atoms with van der Waals surface area (Å²) in [5.74, 6) is 1.61. The first-order chi connectivity index (χ1) is 14.9. The van der Waals surface area contributed by atoms with E-state index in [0.29, 0.717) is 24.1 Å². The van der Waals surface area contributed by atoms with Gasteiger partial charge in [0.05, 0.1) is 39.0 Å². The molecule has 166 valence electrons. The van der Waals surface area contributed by atoms with Gasteiger partial charge in [0.1, 0.15) is 6.54 Å². The summed E-state index contributed by atoms with van der Waals surface area (Å²) >= 11 is 0. The maximum Gasteiger partial charge on any atom is 0.234 e. The van der Waals surface area contributed by atoms with Crippen LogP contribution in [0.15, 0.2) is 72.8 Å². The van der Waals surface area contributed by atoms with E-state index in [1.807, 2.05) is 74.8 Å². The summed E-state index contributed by atoms with van der Waals surface area (Å²) in [5, 5.41) is 0. The number of benzene rings is 2. The molecule has 4 rings (SSSR count). The van der Waals surface area contributed by atoms with Crippen LogP contribution < -0.4 is 17.0 Å². The number of rotatable bonds is 6. The van der Waals surface area contributed by atoms with E-state index in [9.17, 15) is 9.59 Å². The zero-order chi connectivity index (χ0) is 22.0. The first-order valence-electron chi connectivity index (χ1n) is 10.8. The van der Waals surface area contributed by atoms with Crippen molar-refractivity contribution < 1.29 is 31.1 Å². The number of allylic oxidation sites excluding steroid dienone is 2. The SMILES string of the molecule is C#CC[N+](C)(C)CCN1C(=O)C2C(c3ccccc3)C=CC(c3ccccc3)C2C1=O.[Br-]. The number of hydrogen-bond acceptors (Lipinski definition) is 2. The molecule has 1 saturated heterocycles. The molecule has 1 aliphatic carbocycles. The number of likely N-dealkylation sites (N-methyl/N-ethyl adjacent to an activating group) is 1. The molecular weight excluding hydrogens is 464 g/mol. The van der Waals surface area contributed by atoms with Crippen LogP contribution in [0.3, 0.4) is 0 Å². The Labute approximate surface area is 201 Å². The molecule has 4 atom stereocenters. The number of imide groups is 1. The van der Waals surface area contributed by atoms with Crippen LogP contribution in [0.1, 0.15) is 23.0 Å². The number of terminal acetylenes is 1. The van der Waals surface area contributed by atoms with Gasteiger partial charge >= 0.3 is 0 Å². The molecule has 5 heteroatoms. The average Bonchev–Trinajstić information content (AvgIpc) is 3.03. The second-order valence-corrected chi connectivity index (χ2v) is 9.16. The molecule has 1 heterocycles. The minimum atomic E-state index is -0.381. The maximum atomic E-state index is 13.6. The predicted molar refractivity (Wildman–Crippen MR) is 122 cm³/mol. The van der Waals surface area contributed by atoms with Crippen LogP contribution in [0.2, 0.25) is 0 Å². The fraction of sp³-hybridized carbons (Fsp3) is 0.333. The molecule has 0 radical (unpaired) electrons. The second-order valence-electron chi connectivity index (χ2n) is 9.16. The molecule has 2 aromatic carbocycles. The van der Waals surface area contributed by atoms with Crippen molar-refractivity contribution in [3.63, 3.8) is 0 Å². The molecule has 1 aliphatic heterocycles. The number of carbonyl (C=O) groups excluding carboxylic acids is 2. The van der Waals surface area contributed by atoms with E-state index in [2.05, 4.69) is 18.1 Å². The summed E-state index contributed by atoms with van der Waals surface area (Å²) in [7, 11) is 4.05. The van der Waals surface area contributed by atoms with Crippen LogP contribution in [-0.4, -0.2) is 54.9 Å². The van der Waals surface area contributed by atoms with Gasteiger partial charge in [0.15, 0.2) is 0 Å². The van der Waals surface area contributed by atoms with Gasteiger partial charge in [-0.1, -0.05) is 72.8 Å². The molecule has 4 nitrogen and oxygen atoms in total. The van der Waals surface area contributed by atoms with Gasteiger partial charge < -0.3 is 21.5 Å². The van der Waals surface area contributed by atoms with Gasteiger partial charge in [0, 0.05) is 11.8 Å². The lowest BCUT2D eigenvalue weighted by molar-refractivity contribution is -0.882. The number of amides is 2. The third-order valence-electron chi connectivity index (χ3n) is 6.61. The molecular formula is C27H29BrN2O2. The lowest BCUT2D eigenvalue weighted by Gasteiger charge is -2.32. The van der Waals surface area contributed by atoms with Gasteiger partial charge in [-0.2, -0.15) is 0 Å². The van der Waals surface area contributed by atoms with E-state index < -0.39 is 0 Å². The maximum absolute atomic E-state index is 13.6. The lowest BCUT2D eigenvalue weighted by atomic mass is 9.68. The molecule has 0 aromatic heterocycles. The van der Waals surface area contributed by atoms with Crippen molar-refractivity contribution in [2.24, 2.45) is 11.8 Å². The largest absolute Gasteiger partial charge is 1.00 e. The van der Waals surface area contributed by atoms with Crippen LogP contribution in [0.25, 0.3) is 0 Å². The van der Waals surface area contributed by atoms with Crippen molar-refractivity contribution >= 4 is 11.8 Å². The minimum Gasteiger partial charge on any atom is -1.00 e. The number of nitrogens with zero attached hydrogens (tertiary/aromatic N) is 2. The van der Waals surface area contributed by atoms with Gasteiger partial charge in [-0.25, -0.2) is 0 Å². The zero-order valence-corrected chi connectivity index (χ0v) is 20.1. The van der Waals surface area contributed by atoms with E-state index in [1.165, 1.54) is 4.90 Å². The van der Waals surface area contributed by atoms with Crippen LogP contribution in [0, 0.1) is 24.2 Å². The molecule has 0 bridgehead atoms. The highest BCUT2D eigenvalue weighted by molar-refractivity contribution is 6.06. The topological polar surface area (TPSA) is 37.4 Å². The quantitative estimate of drug-likeness (QED) is 0.254. The number of quaternary nitrogens is 1. The summed E-state index contributed by atoms with van der Waals surface area (Å²) in [6, 6.07) is 20.1. The van der Waals surface area contributed by atoms with Crippen molar-refractivity contribution in [1.82, 2.24) is 4.90 Å². The van der Waals surface area contributed by atoms with E-state index in [1.54, 1.807) is 0 Å². The zero-order valence-electron chi connectivity index (χ0n) is 18.5. The van der Waals surface area contributed by atoms with E-state index in [-0.39, 0.29) is 52.5 Å². The number of fused-ring (bicyclic) bond motifs is 1. The van der Waals surface area contributed by atoms with Crippen LogP contribution in [0.4, 0.5) is 0 Å². The highest BCUT2D eigenvalue weighted by Crippen LogP contribution is 2.49. The first-order valence-corrected chi connectivity index (χ1v) is 10.8. The molecule has 4 unspecified atom stereocenters. The van der Waals surface area contributed by atoms with Crippen molar-refractivity contribution in [2.75, 3.05) is 33.7 Å². The third-order valence-corrected chi connectivity index (χ3v) is 6.61. The summed E-state index contributed by atoms with van der Waals surface area (Å²) in [6.45, 7) is 1.59. The second kappa shape index (κ2) is 9.85. The van der Waals surface area contributed by atoms with E-state index >= 15 is 0 Å². The van der Waals surface area contributed by atoms with E-state index in [4.69, 9.17) is 6.42 Å². The number of carbonyl (C=O) groups is 2. The van der Waals surface area contributed by atoms with Crippen molar-refractivity contribution in [3.8, 4) is 12.3 Å². The minimum absolute atomic E-state index is 0. The molecule has 2 aromatic rings. The summed E-state index contributed by atoms with van der Waals surface area (Å²) in [4.78, 5) is 28.7. The first kappa shape index (κ1) is 24.0. The van der Waals surface area contributed by atoms with Crippen LogP contribution >= 0.6 is 0 Å². The average molecular weight is 493 g/mol. The Balaban J connectivity index is 0.00000289. The Morgan fingerprint density at radius 2 is 1.28 bits per heavy atom. The molecule has 32 heavy (non-hydrogen) atoms. The molecule has 2 aliphatic rings. The lowest BCUT2D eigenvalue weighted by Crippen LogP contribution is -3.00. The molecule has 2 amide bonds. The number of halogens is 1.